The third-order valence-corrected chi connectivity index (χ3v) is 3.98. The number of hydrogen-bond acceptors (Lipinski definition) is 6. The first-order chi connectivity index (χ1) is 12.5. The van der Waals surface area contributed by atoms with Gasteiger partial charge in [-0.15, -0.1) is 10.2 Å². The molecule has 1 aliphatic heterocycles. The van der Waals surface area contributed by atoms with Crippen molar-refractivity contribution in [2.45, 2.75) is 19.8 Å². The Kier molecular flexibility index (Phi) is 5.26. The maximum Gasteiger partial charge on any atom is 0.313 e. The largest absolute Gasteiger partial charge is 0.421 e. The highest BCUT2D eigenvalue weighted by Crippen LogP contribution is 2.19. The number of benzene rings is 1. The summed E-state index contributed by atoms with van der Waals surface area (Å²) in [4.78, 5) is 37.3. The number of amides is 3. The van der Waals surface area contributed by atoms with Gasteiger partial charge in [-0.1, -0.05) is 0 Å². The molecular formula is C17H19N5O4. The quantitative estimate of drug-likeness (QED) is 0.779. The summed E-state index contributed by atoms with van der Waals surface area (Å²) in [6.45, 7) is 2.92. The topological polar surface area (TPSA) is 117 Å². The zero-order chi connectivity index (χ0) is 18.5. The Labute approximate surface area is 149 Å². The average molecular weight is 357 g/mol. The molecule has 2 heterocycles. The predicted molar refractivity (Wildman–Crippen MR) is 91.9 cm³/mol. The highest BCUT2D eigenvalue weighted by molar-refractivity contribution is 6.39. The van der Waals surface area contributed by atoms with Crippen molar-refractivity contribution in [2.75, 3.05) is 25.0 Å². The van der Waals surface area contributed by atoms with E-state index in [0.717, 1.165) is 12.8 Å². The van der Waals surface area contributed by atoms with Gasteiger partial charge in [-0.05, 0) is 37.1 Å². The number of carbonyl (C=O) groups is 3. The molecule has 1 aromatic carbocycles. The molecule has 1 saturated heterocycles. The van der Waals surface area contributed by atoms with Crippen LogP contribution in [0.3, 0.4) is 0 Å². The van der Waals surface area contributed by atoms with Crippen LogP contribution in [0.4, 0.5) is 5.69 Å². The van der Waals surface area contributed by atoms with E-state index in [0.29, 0.717) is 36.1 Å². The lowest BCUT2D eigenvalue weighted by molar-refractivity contribution is -0.138. The van der Waals surface area contributed by atoms with Crippen LogP contribution in [0.5, 0.6) is 0 Å². The normalized spacial score (nSPS) is 13.5. The summed E-state index contributed by atoms with van der Waals surface area (Å²) >= 11 is 0. The summed E-state index contributed by atoms with van der Waals surface area (Å²) < 4.78 is 5.32. The number of carbonyl (C=O) groups excluding carboxylic acids is 3. The molecule has 3 rings (SSSR count). The second kappa shape index (κ2) is 7.77. The number of rotatable bonds is 4. The molecule has 0 radical (unpaired) electrons. The molecule has 3 amide bonds. The number of hydrogen-bond donors (Lipinski definition) is 2. The molecule has 0 atom stereocenters. The molecule has 1 fully saturated rings. The van der Waals surface area contributed by atoms with E-state index < -0.39 is 11.8 Å². The summed E-state index contributed by atoms with van der Waals surface area (Å²) in [5, 5.41) is 12.5. The van der Waals surface area contributed by atoms with Crippen molar-refractivity contribution < 1.29 is 18.8 Å². The Morgan fingerprint density at radius 1 is 1.08 bits per heavy atom. The minimum absolute atomic E-state index is 0.178. The molecule has 2 N–H and O–H groups in total. The van der Waals surface area contributed by atoms with Gasteiger partial charge in [0, 0.05) is 31.3 Å². The lowest BCUT2D eigenvalue weighted by Crippen LogP contribution is -2.42. The minimum atomic E-state index is -0.853. The first-order valence-electron chi connectivity index (χ1n) is 8.30. The van der Waals surface area contributed by atoms with Gasteiger partial charge < -0.3 is 20.0 Å². The van der Waals surface area contributed by atoms with E-state index in [-0.39, 0.29) is 12.5 Å². The zero-order valence-corrected chi connectivity index (χ0v) is 14.3. The fraction of sp³-hybridized carbons (Fsp3) is 0.353. The van der Waals surface area contributed by atoms with Gasteiger partial charge in [0.15, 0.2) is 0 Å². The second-order valence-electron chi connectivity index (χ2n) is 5.93. The summed E-state index contributed by atoms with van der Waals surface area (Å²) in [5.74, 6) is -1.03. The lowest BCUT2D eigenvalue weighted by atomic mass is 10.2. The second-order valence-corrected chi connectivity index (χ2v) is 5.93. The lowest BCUT2D eigenvalue weighted by Gasteiger charge is -2.15. The number of aromatic nitrogens is 2. The number of likely N-dealkylation sites (tertiary alicyclic amines) is 1. The monoisotopic (exact) mass is 357 g/mol. The molecule has 0 saturated carbocycles. The summed E-state index contributed by atoms with van der Waals surface area (Å²) in [6.07, 6.45) is 1.94. The van der Waals surface area contributed by atoms with Gasteiger partial charge in [0.2, 0.25) is 17.7 Å². The van der Waals surface area contributed by atoms with Crippen LogP contribution in [0.15, 0.2) is 28.7 Å². The van der Waals surface area contributed by atoms with E-state index in [4.69, 9.17) is 4.42 Å². The molecule has 2 aromatic rings. The van der Waals surface area contributed by atoms with Gasteiger partial charge in [0.1, 0.15) is 0 Å². The van der Waals surface area contributed by atoms with Crippen LogP contribution in [-0.4, -0.2) is 52.5 Å². The van der Waals surface area contributed by atoms with Crippen molar-refractivity contribution in [3.63, 3.8) is 0 Å². The van der Waals surface area contributed by atoms with Crippen molar-refractivity contribution in [1.29, 1.82) is 0 Å². The molecule has 1 aliphatic rings. The Balaban J connectivity index is 1.50. The maximum atomic E-state index is 11.9. The SMILES string of the molecule is Cc1nnc(-c2ccc(NC(=O)C(=O)NCC(=O)N3CCCC3)cc2)o1. The maximum absolute atomic E-state index is 11.9. The highest BCUT2D eigenvalue weighted by atomic mass is 16.4. The van der Waals surface area contributed by atoms with Crippen molar-refractivity contribution in [3.05, 3.63) is 30.2 Å². The van der Waals surface area contributed by atoms with Gasteiger partial charge in [-0.2, -0.15) is 0 Å². The number of nitrogens with zero attached hydrogens (tertiary/aromatic N) is 3. The van der Waals surface area contributed by atoms with E-state index in [1.54, 1.807) is 36.1 Å². The summed E-state index contributed by atoms with van der Waals surface area (Å²) in [7, 11) is 0. The molecule has 0 spiro atoms. The number of aryl methyl sites for hydroxylation is 1. The van der Waals surface area contributed by atoms with Crippen LogP contribution in [0, 0.1) is 6.92 Å². The molecule has 1 aromatic heterocycles. The van der Waals surface area contributed by atoms with Crippen LogP contribution in [0.25, 0.3) is 11.5 Å². The molecule has 136 valence electrons. The summed E-state index contributed by atoms with van der Waals surface area (Å²) in [6, 6.07) is 6.62. The fourth-order valence-electron chi connectivity index (χ4n) is 2.61. The molecule has 9 heteroatoms. The minimum Gasteiger partial charge on any atom is -0.421 e. The van der Waals surface area contributed by atoms with Crippen molar-refractivity contribution >= 4 is 23.4 Å². The predicted octanol–water partition coefficient (Wildman–Crippen LogP) is 0.722. The molecule has 0 unspecified atom stereocenters. The Morgan fingerprint density at radius 3 is 2.38 bits per heavy atom. The Hall–Kier alpha value is -3.23. The number of nitrogens with one attached hydrogen (secondary N) is 2. The standard InChI is InChI=1S/C17H19N5O4/c1-11-20-21-17(26-11)12-4-6-13(7-5-12)19-16(25)15(24)18-10-14(23)22-8-2-3-9-22/h4-7H,2-3,8-10H2,1H3,(H,18,24)(H,19,25). The average Bonchev–Trinajstić information content (AvgIpc) is 3.32. The molecule has 26 heavy (non-hydrogen) atoms. The van der Waals surface area contributed by atoms with E-state index in [2.05, 4.69) is 20.8 Å². The van der Waals surface area contributed by atoms with Crippen LogP contribution in [0.2, 0.25) is 0 Å². The third-order valence-electron chi connectivity index (χ3n) is 3.98. The molecular weight excluding hydrogens is 338 g/mol. The Morgan fingerprint density at radius 2 is 1.77 bits per heavy atom. The number of anilines is 1. The van der Waals surface area contributed by atoms with E-state index in [9.17, 15) is 14.4 Å². The van der Waals surface area contributed by atoms with Crippen LogP contribution in [0.1, 0.15) is 18.7 Å². The third kappa shape index (κ3) is 4.24. The van der Waals surface area contributed by atoms with Crippen molar-refractivity contribution in [3.8, 4) is 11.5 Å². The molecule has 9 nitrogen and oxygen atoms in total. The van der Waals surface area contributed by atoms with Gasteiger partial charge in [0.05, 0.1) is 6.54 Å². The van der Waals surface area contributed by atoms with E-state index >= 15 is 0 Å². The van der Waals surface area contributed by atoms with Crippen LogP contribution in [-0.2, 0) is 14.4 Å². The highest BCUT2D eigenvalue weighted by Gasteiger charge is 2.20. The fourth-order valence-corrected chi connectivity index (χ4v) is 2.61. The molecule has 0 bridgehead atoms. The first kappa shape index (κ1) is 17.6. The van der Waals surface area contributed by atoms with Gasteiger partial charge in [0.25, 0.3) is 0 Å². The zero-order valence-electron chi connectivity index (χ0n) is 14.3. The van der Waals surface area contributed by atoms with Crippen LogP contribution < -0.4 is 10.6 Å². The van der Waals surface area contributed by atoms with Gasteiger partial charge >= 0.3 is 11.8 Å². The van der Waals surface area contributed by atoms with Crippen molar-refractivity contribution in [1.82, 2.24) is 20.4 Å². The van der Waals surface area contributed by atoms with Crippen LogP contribution >= 0.6 is 0 Å². The van der Waals surface area contributed by atoms with Gasteiger partial charge in [-0.25, -0.2) is 0 Å². The molecule has 0 aliphatic carbocycles. The van der Waals surface area contributed by atoms with Crippen molar-refractivity contribution in [2.24, 2.45) is 0 Å². The smallest absolute Gasteiger partial charge is 0.313 e. The summed E-state index contributed by atoms with van der Waals surface area (Å²) in [5.41, 5.74) is 1.14. The van der Waals surface area contributed by atoms with E-state index in [1.807, 2.05) is 0 Å². The Bertz CT molecular complexity index is 809. The van der Waals surface area contributed by atoms with E-state index in [1.165, 1.54) is 0 Å². The van der Waals surface area contributed by atoms with Gasteiger partial charge in [-0.3, -0.25) is 14.4 Å². The first-order valence-corrected chi connectivity index (χ1v) is 8.30.